The Kier molecular flexibility index (Phi) is 7.75. The maximum Gasteiger partial charge on any atom is 0.319 e. The maximum atomic E-state index is 12.3. The molecule has 0 aromatic heterocycles. The van der Waals surface area contributed by atoms with Crippen molar-refractivity contribution in [2.45, 2.75) is 18.9 Å². The van der Waals surface area contributed by atoms with E-state index in [1.165, 1.54) is 0 Å². The average Bonchev–Trinajstić information content (AvgIpc) is 2.65. The molecule has 0 saturated carbocycles. The Labute approximate surface area is 147 Å². The summed E-state index contributed by atoms with van der Waals surface area (Å²) < 4.78 is 10.1. The molecule has 1 atom stereocenters. The summed E-state index contributed by atoms with van der Waals surface area (Å²) in [4.78, 5) is 12.3. The van der Waals surface area contributed by atoms with Gasteiger partial charge in [-0.25, -0.2) is 4.79 Å². The lowest BCUT2D eigenvalue weighted by atomic mass is 10.0. The number of hydrogen-bond acceptors (Lipinski definition) is 4. The van der Waals surface area contributed by atoms with Gasteiger partial charge < -0.3 is 25.2 Å². The zero-order chi connectivity index (χ0) is 17.9. The Balaban J connectivity index is 1.94. The Morgan fingerprint density at radius 3 is 2.48 bits per heavy atom. The zero-order valence-corrected chi connectivity index (χ0v) is 14.3. The molecule has 0 fully saturated rings. The van der Waals surface area contributed by atoms with Gasteiger partial charge in [-0.1, -0.05) is 30.3 Å². The zero-order valence-electron chi connectivity index (χ0n) is 14.3. The molecule has 0 spiro atoms. The quantitative estimate of drug-likeness (QED) is 0.610. The highest BCUT2D eigenvalue weighted by molar-refractivity contribution is 5.89. The highest BCUT2D eigenvalue weighted by atomic mass is 16.7. The van der Waals surface area contributed by atoms with Crippen molar-refractivity contribution in [2.75, 3.05) is 25.8 Å². The first kappa shape index (κ1) is 18.8. The van der Waals surface area contributed by atoms with E-state index in [1.54, 1.807) is 31.4 Å². The molecule has 134 valence electrons. The average molecular weight is 344 g/mol. The molecule has 6 nitrogen and oxygen atoms in total. The Bertz CT molecular complexity index is 632. The Hall–Kier alpha value is -2.57. The number of methoxy groups -OCH3 is 1. The van der Waals surface area contributed by atoms with Crippen LogP contribution in [0.1, 0.15) is 24.4 Å². The molecule has 2 rings (SSSR count). The normalized spacial score (nSPS) is 11.6. The molecule has 0 aliphatic heterocycles. The largest absolute Gasteiger partial charge is 0.468 e. The monoisotopic (exact) mass is 344 g/mol. The number of urea groups is 1. The van der Waals surface area contributed by atoms with Gasteiger partial charge in [-0.05, 0) is 42.7 Å². The molecule has 3 N–H and O–H groups in total. The molecular formula is C19H24N2O4. The molecule has 0 heterocycles. The number of ether oxygens (including phenoxy) is 2. The number of aliphatic hydroxyl groups excluding tert-OH is 1. The van der Waals surface area contributed by atoms with Crippen molar-refractivity contribution in [3.63, 3.8) is 0 Å². The van der Waals surface area contributed by atoms with Crippen molar-refractivity contribution >= 4 is 11.7 Å². The van der Waals surface area contributed by atoms with Crippen molar-refractivity contribution in [1.29, 1.82) is 0 Å². The van der Waals surface area contributed by atoms with Gasteiger partial charge in [0.1, 0.15) is 5.75 Å². The van der Waals surface area contributed by atoms with Gasteiger partial charge in [-0.15, -0.1) is 0 Å². The molecule has 1 unspecified atom stereocenters. The van der Waals surface area contributed by atoms with Crippen LogP contribution in [-0.4, -0.2) is 31.6 Å². The molecule has 25 heavy (non-hydrogen) atoms. The first-order valence-corrected chi connectivity index (χ1v) is 8.18. The topological polar surface area (TPSA) is 79.8 Å². The summed E-state index contributed by atoms with van der Waals surface area (Å²) >= 11 is 0. The van der Waals surface area contributed by atoms with Crippen molar-refractivity contribution < 1.29 is 19.4 Å². The number of amides is 2. The third-order valence-corrected chi connectivity index (χ3v) is 3.61. The molecule has 2 amide bonds. The lowest BCUT2D eigenvalue weighted by Gasteiger charge is -2.19. The van der Waals surface area contributed by atoms with Crippen LogP contribution in [0.25, 0.3) is 0 Å². The van der Waals surface area contributed by atoms with Crippen LogP contribution in [-0.2, 0) is 4.74 Å². The summed E-state index contributed by atoms with van der Waals surface area (Å²) in [5, 5.41) is 14.8. The van der Waals surface area contributed by atoms with Gasteiger partial charge in [0.15, 0.2) is 6.79 Å². The molecule has 0 radical (unpaired) electrons. The third-order valence-electron chi connectivity index (χ3n) is 3.61. The molecule has 2 aromatic carbocycles. The second-order valence-electron chi connectivity index (χ2n) is 5.50. The van der Waals surface area contributed by atoms with Crippen LogP contribution in [0.3, 0.4) is 0 Å². The number of benzene rings is 2. The van der Waals surface area contributed by atoms with E-state index in [0.29, 0.717) is 24.3 Å². The van der Waals surface area contributed by atoms with Crippen LogP contribution in [0.4, 0.5) is 10.5 Å². The molecule has 0 saturated heterocycles. The lowest BCUT2D eigenvalue weighted by molar-refractivity contribution is 0.0511. The Morgan fingerprint density at radius 1 is 1.12 bits per heavy atom. The Morgan fingerprint density at radius 2 is 1.84 bits per heavy atom. The highest BCUT2D eigenvalue weighted by Gasteiger charge is 2.14. The van der Waals surface area contributed by atoms with Crippen molar-refractivity contribution in [3.8, 4) is 5.75 Å². The van der Waals surface area contributed by atoms with Crippen LogP contribution in [0.2, 0.25) is 0 Å². The van der Waals surface area contributed by atoms with Gasteiger partial charge in [-0.2, -0.15) is 0 Å². The van der Waals surface area contributed by atoms with E-state index < -0.39 is 0 Å². The van der Waals surface area contributed by atoms with Gasteiger partial charge >= 0.3 is 6.03 Å². The second-order valence-corrected chi connectivity index (χ2v) is 5.50. The first-order valence-electron chi connectivity index (χ1n) is 8.18. The number of nitrogens with one attached hydrogen (secondary N) is 2. The fraction of sp³-hybridized carbons (Fsp3) is 0.316. The lowest BCUT2D eigenvalue weighted by Crippen LogP contribution is -2.32. The summed E-state index contributed by atoms with van der Waals surface area (Å²) in [6.07, 6.45) is 1.28. The fourth-order valence-corrected chi connectivity index (χ4v) is 2.39. The predicted octanol–water partition coefficient (Wildman–Crippen LogP) is 3.30. The summed E-state index contributed by atoms with van der Waals surface area (Å²) in [5.74, 6) is 0.665. The number of carbonyl (C=O) groups excluding carboxylic acids is 1. The molecule has 0 bridgehead atoms. The fourth-order valence-electron chi connectivity index (χ4n) is 2.39. The second kappa shape index (κ2) is 10.3. The molecule has 6 heteroatoms. The van der Waals surface area contributed by atoms with Gasteiger partial charge in [0, 0.05) is 19.4 Å². The van der Waals surface area contributed by atoms with Gasteiger partial charge in [0.05, 0.1) is 6.04 Å². The first-order chi connectivity index (χ1) is 12.2. The molecule has 0 aliphatic rings. The molecular weight excluding hydrogens is 320 g/mol. The number of aliphatic hydroxyl groups is 1. The maximum absolute atomic E-state index is 12.3. The summed E-state index contributed by atoms with van der Waals surface area (Å²) in [5.41, 5.74) is 1.67. The van der Waals surface area contributed by atoms with E-state index in [2.05, 4.69) is 10.6 Å². The van der Waals surface area contributed by atoms with E-state index in [0.717, 1.165) is 5.56 Å². The van der Waals surface area contributed by atoms with Crippen LogP contribution in [0, 0.1) is 0 Å². The van der Waals surface area contributed by atoms with Gasteiger partial charge in [-0.3, -0.25) is 0 Å². The minimum atomic E-state index is -0.294. The van der Waals surface area contributed by atoms with Crippen LogP contribution in [0.5, 0.6) is 5.75 Å². The SMILES string of the molecule is COCOc1ccc(NC(=O)NC(CCCO)c2ccccc2)cc1. The molecule has 2 aromatic rings. The standard InChI is InChI=1S/C19H24N2O4/c1-24-14-25-17-11-9-16(10-12-17)20-19(23)21-18(8-5-13-22)15-6-3-2-4-7-15/h2-4,6-7,9-12,18,22H,5,8,13-14H2,1H3,(H2,20,21,23). The van der Waals surface area contributed by atoms with Gasteiger partial charge in [0.25, 0.3) is 0 Å². The number of carbonyl (C=O) groups is 1. The highest BCUT2D eigenvalue weighted by Crippen LogP contribution is 2.19. The van der Waals surface area contributed by atoms with E-state index in [1.807, 2.05) is 30.3 Å². The summed E-state index contributed by atoms with van der Waals surface area (Å²) in [7, 11) is 1.56. The predicted molar refractivity (Wildman–Crippen MR) is 96.6 cm³/mol. The van der Waals surface area contributed by atoms with Gasteiger partial charge in [0.2, 0.25) is 0 Å². The number of rotatable bonds is 9. The van der Waals surface area contributed by atoms with Crippen molar-refractivity contribution in [2.24, 2.45) is 0 Å². The molecule has 0 aliphatic carbocycles. The summed E-state index contributed by atoms with van der Waals surface area (Å²) in [6.45, 7) is 0.270. The van der Waals surface area contributed by atoms with E-state index >= 15 is 0 Å². The number of anilines is 1. The van der Waals surface area contributed by atoms with E-state index in [4.69, 9.17) is 14.6 Å². The van der Waals surface area contributed by atoms with Crippen molar-refractivity contribution in [1.82, 2.24) is 5.32 Å². The smallest absolute Gasteiger partial charge is 0.319 e. The van der Waals surface area contributed by atoms with Crippen molar-refractivity contribution in [3.05, 3.63) is 60.2 Å². The number of hydrogen-bond donors (Lipinski definition) is 3. The minimum absolute atomic E-state index is 0.0928. The minimum Gasteiger partial charge on any atom is -0.468 e. The third kappa shape index (κ3) is 6.45. The summed E-state index contributed by atoms with van der Waals surface area (Å²) in [6, 6.07) is 16.3. The van der Waals surface area contributed by atoms with E-state index in [9.17, 15) is 4.79 Å². The van der Waals surface area contributed by atoms with Crippen LogP contribution >= 0.6 is 0 Å². The van der Waals surface area contributed by atoms with E-state index in [-0.39, 0.29) is 25.5 Å². The van der Waals surface area contributed by atoms with Crippen LogP contribution < -0.4 is 15.4 Å². The van der Waals surface area contributed by atoms with Crippen LogP contribution in [0.15, 0.2) is 54.6 Å².